The fraction of sp³-hybridized carbons (Fsp3) is 0.375. The summed E-state index contributed by atoms with van der Waals surface area (Å²) in [6.45, 7) is 6.31. The SMILES string of the molecule is CCOc1ccc(C(=O)NCC(=O)OC(C)C(=O)N2CCc3ccccc32)cc1OCC. The average Bonchev–Trinajstić information content (AvgIpc) is 3.22. The molecule has 2 aromatic carbocycles. The molecule has 1 atom stereocenters. The highest BCUT2D eigenvalue weighted by atomic mass is 16.5. The van der Waals surface area contributed by atoms with Crippen molar-refractivity contribution >= 4 is 23.5 Å². The van der Waals surface area contributed by atoms with Gasteiger partial charge in [-0.05, 0) is 57.0 Å². The van der Waals surface area contributed by atoms with Gasteiger partial charge in [0.15, 0.2) is 17.6 Å². The molecule has 32 heavy (non-hydrogen) atoms. The minimum Gasteiger partial charge on any atom is -0.490 e. The fourth-order valence-electron chi connectivity index (χ4n) is 3.52. The van der Waals surface area contributed by atoms with E-state index in [1.807, 2.05) is 38.1 Å². The van der Waals surface area contributed by atoms with Crippen LogP contribution in [0.3, 0.4) is 0 Å². The van der Waals surface area contributed by atoms with E-state index in [-0.39, 0.29) is 12.5 Å². The van der Waals surface area contributed by atoms with E-state index in [0.29, 0.717) is 36.8 Å². The van der Waals surface area contributed by atoms with Crippen LogP contribution >= 0.6 is 0 Å². The Kier molecular flexibility index (Phi) is 7.70. The van der Waals surface area contributed by atoms with E-state index in [2.05, 4.69) is 5.32 Å². The van der Waals surface area contributed by atoms with Crippen LogP contribution in [-0.2, 0) is 20.7 Å². The van der Waals surface area contributed by atoms with Gasteiger partial charge < -0.3 is 24.4 Å². The summed E-state index contributed by atoms with van der Waals surface area (Å²) < 4.78 is 16.3. The van der Waals surface area contributed by atoms with Crippen LogP contribution in [0.1, 0.15) is 36.7 Å². The maximum absolute atomic E-state index is 12.7. The molecule has 0 radical (unpaired) electrons. The van der Waals surface area contributed by atoms with Gasteiger partial charge in [-0.15, -0.1) is 0 Å². The zero-order valence-corrected chi connectivity index (χ0v) is 18.6. The molecule has 1 aliphatic heterocycles. The van der Waals surface area contributed by atoms with E-state index in [1.54, 1.807) is 23.1 Å². The van der Waals surface area contributed by atoms with Crippen molar-refractivity contribution in [2.45, 2.75) is 33.3 Å². The maximum Gasteiger partial charge on any atom is 0.326 e. The van der Waals surface area contributed by atoms with Crippen molar-refractivity contribution in [1.82, 2.24) is 5.32 Å². The highest BCUT2D eigenvalue weighted by Crippen LogP contribution is 2.29. The molecule has 2 amide bonds. The second-order valence-corrected chi connectivity index (χ2v) is 7.21. The Morgan fingerprint density at radius 2 is 1.75 bits per heavy atom. The minimum absolute atomic E-state index is 0.289. The van der Waals surface area contributed by atoms with Gasteiger partial charge in [0.2, 0.25) is 0 Å². The predicted molar refractivity (Wildman–Crippen MR) is 119 cm³/mol. The van der Waals surface area contributed by atoms with Crippen LogP contribution in [0.5, 0.6) is 11.5 Å². The number of ether oxygens (including phenoxy) is 3. The van der Waals surface area contributed by atoms with Crippen LogP contribution in [0.25, 0.3) is 0 Å². The summed E-state index contributed by atoms with van der Waals surface area (Å²) in [4.78, 5) is 39.0. The molecule has 8 heteroatoms. The number of nitrogens with zero attached hydrogens (tertiary/aromatic N) is 1. The number of carbonyl (C=O) groups excluding carboxylic acids is 3. The topological polar surface area (TPSA) is 94.2 Å². The van der Waals surface area contributed by atoms with Gasteiger partial charge in [-0.2, -0.15) is 0 Å². The van der Waals surface area contributed by atoms with E-state index in [1.165, 1.54) is 6.92 Å². The average molecular weight is 440 g/mol. The summed E-state index contributed by atoms with van der Waals surface area (Å²) >= 11 is 0. The first kappa shape index (κ1) is 23.1. The molecule has 2 aromatic rings. The van der Waals surface area contributed by atoms with Crippen molar-refractivity contribution in [2.24, 2.45) is 0 Å². The van der Waals surface area contributed by atoms with Gasteiger partial charge in [-0.1, -0.05) is 18.2 Å². The molecule has 0 spiro atoms. The molecular formula is C24H28N2O6. The van der Waals surface area contributed by atoms with Crippen molar-refractivity contribution in [3.05, 3.63) is 53.6 Å². The molecule has 3 rings (SSSR count). The van der Waals surface area contributed by atoms with Gasteiger partial charge in [-0.25, -0.2) is 0 Å². The molecule has 170 valence electrons. The molecule has 0 fully saturated rings. The summed E-state index contributed by atoms with van der Waals surface area (Å²) in [5, 5.41) is 2.51. The number of rotatable bonds is 9. The lowest BCUT2D eigenvalue weighted by Gasteiger charge is -2.21. The molecule has 1 N–H and O–H groups in total. The number of hydrogen-bond acceptors (Lipinski definition) is 6. The van der Waals surface area contributed by atoms with Crippen LogP contribution in [0.2, 0.25) is 0 Å². The number of esters is 1. The number of amides is 2. The monoisotopic (exact) mass is 440 g/mol. The highest BCUT2D eigenvalue weighted by molar-refractivity contribution is 6.00. The molecule has 0 aliphatic carbocycles. The van der Waals surface area contributed by atoms with E-state index in [0.717, 1.165) is 17.7 Å². The summed E-state index contributed by atoms with van der Waals surface area (Å²) in [7, 11) is 0. The quantitative estimate of drug-likeness (QED) is 0.603. The van der Waals surface area contributed by atoms with E-state index in [9.17, 15) is 14.4 Å². The molecular weight excluding hydrogens is 412 g/mol. The van der Waals surface area contributed by atoms with Crippen LogP contribution in [0.15, 0.2) is 42.5 Å². The molecule has 0 aromatic heterocycles. The fourth-order valence-corrected chi connectivity index (χ4v) is 3.52. The molecule has 0 saturated heterocycles. The Morgan fingerprint density at radius 3 is 2.50 bits per heavy atom. The Labute approximate surface area is 187 Å². The van der Waals surface area contributed by atoms with Gasteiger partial charge in [-0.3, -0.25) is 14.4 Å². The number of hydrogen-bond donors (Lipinski definition) is 1. The van der Waals surface area contributed by atoms with Crippen molar-refractivity contribution in [3.63, 3.8) is 0 Å². The Hall–Kier alpha value is -3.55. The molecule has 1 unspecified atom stereocenters. The standard InChI is InChI=1S/C24H28N2O6/c1-4-30-20-11-10-18(14-21(20)31-5-2)23(28)25-15-22(27)32-16(3)24(29)26-13-12-17-8-6-7-9-19(17)26/h6-11,14,16H,4-5,12-13,15H2,1-3H3,(H,25,28). The van der Waals surface area contributed by atoms with Gasteiger partial charge in [0.05, 0.1) is 13.2 Å². The lowest BCUT2D eigenvalue weighted by Crippen LogP contribution is -2.41. The molecule has 0 bridgehead atoms. The zero-order valence-electron chi connectivity index (χ0n) is 18.6. The third-order valence-corrected chi connectivity index (χ3v) is 5.01. The number of carbonyl (C=O) groups is 3. The largest absolute Gasteiger partial charge is 0.490 e. The smallest absolute Gasteiger partial charge is 0.326 e. The van der Waals surface area contributed by atoms with Gasteiger partial charge in [0.25, 0.3) is 11.8 Å². The number of fused-ring (bicyclic) bond motifs is 1. The van der Waals surface area contributed by atoms with Crippen molar-refractivity contribution in [3.8, 4) is 11.5 Å². The lowest BCUT2D eigenvalue weighted by atomic mass is 10.2. The zero-order chi connectivity index (χ0) is 23.1. The number of benzene rings is 2. The second kappa shape index (κ2) is 10.7. The van der Waals surface area contributed by atoms with Crippen LogP contribution in [-0.4, -0.2) is 50.2 Å². The summed E-state index contributed by atoms with van der Waals surface area (Å²) in [6.07, 6.45) is -0.189. The van der Waals surface area contributed by atoms with Crippen molar-refractivity contribution in [2.75, 3.05) is 31.2 Å². The molecule has 1 heterocycles. The normalized spacial score (nSPS) is 13.2. The highest BCUT2D eigenvalue weighted by Gasteiger charge is 2.29. The first-order valence-electron chi connectivity index (χ1n) is 10.7. The maximum atomic E-state index is 12.7. The third-order valence-electron chi connectivity index (χ3n) is 5.01. The molecule has 8 nitrogen and oxygen atoms in total. The Balaban J connectivity index is 1.54. The van der Waals surface area contributed by atoms with Crippen molar-refractivity contribution < 1.29 is 28.6 Å². The van der Waals surface area contributed by atoms with Crippen molar-refractivity contribution in [1.29, 1.82) is 0 Å². The Morgan fingerprint density at radius 1 is 1.03 bits per heavy atom. The first-order valence-corrected chi connectivity index (χ1v) is 10.7. The van der Waals surface area contributed by atoms with Crippen LogP contribution < -0.4 is 19.7 Å². The van der Waals surface area contributed by atoms with Gasteiger partial charge in [0.1, 0.15) is 6.54 Å². The molecule has 0 saturated carbocycles. The summed E-state index contributed by atoms with van der Waals surface area (Å²) in [5.41, 5.74) is 2.25. The third kappa shape index (κ3) is 5.38. The molecule has 1 aliphatic rings. The van der Waals surface area contributed by atoms with Crippen LogP contribution in [0.4, 0.5) is 5.69 Å². The van der Waals surface area contributed by atoms with E-state index >= 15 is 0 Å². The predicted octanol–water partition coefficient (Wildman–Crippen LogP) is 2.73. The number of anilines is 1. The lowest BCUT2D eigenvalue weighted by molar-refractivity contribution is -0.152. The second-order valence-electron chi connectivity index (χ2n) is 7.21. The van der Waals surface area contributed by atoms with Crippen LogP contribution in [0, 0.1) is 0 Å². The van der Waals surface area contributed by atoms with Gasteiger partial charge >= 0.3 is 5.97 Å². The number of para-hydroxylation sites is 1. The Bertz CT molecular complexity index is 990. The van der Waals surface area contributed by atoms with Gasteiger partial charge in [0, 0.05) is 17.8 Å². The number of nitrogens with one attached hydrogen (secondary N) is 1. The first-order chi connectivity index (χ1) is 15.4. The summed E-state index contributed by atoms with van der Waals surface area (Å²) in [5.74, 6) is -0.445. The van der Waals surface area contributed by atoms with E-state index < -0.39 is 18.0 Å². The summed E-state index contributed by atoms with van der Waals surface area (Å²) in [6, 6.07) is 12.5. The van der Waals surface area contributed by atoms with E-state index in [4.69, 9.17) is 14.2 Å². The minimum atomic E-state index is -0.958.